The first kappa shape index (κ1) is 13.2. The van der Waals surface area contributed by atoms with Crippen LogP contribution in [0.1, 0.15) is 18.4 Å². The van der Waals surface area contributed by atoms with Crippen molar-refractivity contribution >= 4 is 24.1 Å². The Bertz CT molecular complexity index is 432. The average Bonchev–Trinajstić information content (AvgIpc) is 2.39. The van der Waals surface area contributed by atoms with E-state index in [0.29, 0.717) is 6.04 Å². The zero-order valence-corrected chi connectivity index (χ0v) is 11.0. The third-order valence-corrected chi connectivity index (χ3v) is 3.57. The number of urea groups is 1. The summed E-state index contributed by atoms with van der Waals surface area (Å²) in [5.74, 6) is 0. The van der Waals surface area contributed by atoms with Gasteiger partial charge in [-0.2, -0.15) is 0 Å². The molecule has 1 aromatic rings. The van der Waals surface area contributed by atoms with E-state index in [9.17, 15) is 4.79 Å². The monoisotopic (exact) mass is 267 g/mol. The van der Waals surface area contributed by atoms with E-state index in [2.05, 4.69) is 16.7 Å². The molecule has 1 aromatic carbocycles. The van der Waals surface area contributed by atoms with Crippen LogP contribution in [0.25, 0.3) is 0 Å². The highest BCUT2D eigenvalue weighted by atomic mass is 35.5. The number of nitrogens with zero attached hydrogens (tertiary/aromatic N) is 1. The minimum atomic E-state index is 0. The summed E-state index contributed by atoms with van der Waals surface area (Å²) in [6.07, 6.45) is 2.25. The molecule has 0 radical (unpaired) electrons. The van der Waals surface area contributed by atoms with Gasteiger partial charge < -0.3 is 15.5 Å². The maximum atomic E-state index is 12.0. The van der Waals surface area contributed by atoms with E-state index >= 15 is 0 Å². The minimum absolute atomic E-state index is 0. The Balaban J connectivity index is 0.00000120. The number of carbonyl (C=O) groups excluding carboxylic acids is 1. The molecule has 1 atom stereocenters. The molecule has 0 spiro atoms. The molecule has 1 fully saturated rings. The maximum absolute atomic E-state index is 12.0. The number of hydrogen-bond donors (Lipinski definition) is 2. The molecule has 18 heavy (non-hydrogen) atoms. The standard InChI is InChI=1S/C13H17N3O.ClH/c17-13-15-12-6-2-1-4-10(12)9-16(13)11-5-3-7-14-8-11;/h1-2,4,6,11,14H,3,5,7-9H2,(H,15,17);1H. The number of fused-ring (bicyclic) bond motifs is 1. The Morgan fingerprint density at radius 1 is 1.28 bits per heavy atom. The molecular weight excluding hydrogens is 250 g/mol. The lowest BCUT2D eigenvalue weighted by atomic mass is 10.0. The van der Waals surface area contributed by atoms with Crippen LogP contribution < -0.4 is 10.6 Å². The largest absolute Gasteiger partial charge is 0.322 e. The van der Waals surface area contributed by atoms with Crippen molar-refractivity contribution in [2.75, 3.05) is 18.4 Å². The summed E-state index contributed by atoms with van der Waals surface area (Å²) in [7, 11) is 0. The molecule has 3 rings (SSSR count). The van der Waals surface area contributed by atoms with Crippen LogP contribution in [-0.4, -0.2) is 30.1 Å². The van der Waals surface area contributed by atoms with Crippen LogP contribution in [0.15, 0.2) is 24.3 Å². The summed E-state index contributed by atoms with van der Waals surface area (Å²) in [4.78, 5) is 14.0. The molecule has 98 valence electrons. The van der Waals surface area contributed by atoms with E-state index in [4.69, 9.17) is 0 Å². The molecule has 2 aliphatic heterocycles. The van der Waals surface area contributed by atoms with Gasteiger partial charge in [-0.3, -0.25) is 0 Å². The van der Waals surface area contributed by atoms with Crippen molar-refractivity contribution in [3.05, 3.63) is 29.8 Å². The van der Waals surface area contributed by atoms with Gasteiger partial charge in [0.15, 0.2) is 0 Å². The molecule has 0 aromatic heterocycles. The molecule has 2 heterocycles. The van der Waals surface area contributed by atoms with Gasteiger partial charge in [0.1, 0.15) is 0 Å². The van der Waals surface area contributed by atoms with Gasteiger partial charge in [0, 0.05) is 24.8 Å². The summed E-state index contributed by atoms with van der Waals surface area (Å²) in [6.45, 7) is 2.71. The maximum Gasteiger partial charge on any atom is 0.322 e. The van der Waals surface area contributed by atoms with Crippen molar-refractivity contribution in [2.24, 2.45) is 0 Å². The molecular formula is C13H18ClN3O. The zero-order chi connectivity index (χ0) is 11.7. The normalized spacial score (nSPS) is 22.8. The van der Waals surface area contributed by atoms with Crippen LogP contribution in [-0.2, 0) is 6.54 Å². The third kappa shape index (κ3) is 2.44. The summed E-state index contributed by atoms with van der Waals surface area (Å²) in [5.41, 5.74) is 2.16. The number of halogens is 1. The molecule has 5 heteroatoms. The first-order chi connectivity index (χ1) is 8.34. The molecule has 2 aliphatic rings. The van der Waals surface area contributed by atoms with Gasteiger partial charge >= 0.3 is 6.03 Å². The quantitative estimate of drug-likeness (QED) is 0.819. The van der Waals surface area contributed by atoms with Crippen molar-refractivity contribution in [3.63, 3.8) is 0 Å². The molecule has 0 aliphatic carbocycles. The molecule has 4 nitrogen and oxygen atoms in total. The lowest BCUT2D eigenvalue weighted by Crippen LogP contribution is -2.51. The van der Waals surface area contributed by atoms with Crippen molar-refractivity contribution in [1.29, 1.82) is 0 Å². The lowest BCUT2D eigenvalue weighted by molar-refractivity contribution is 0.166. The van der Waals surface area contributed by atoms with E-state index in [1.54, 1.807) is 0 Å². The number of carbonyl (C=O) groups is 1. The number of amides is 2. The second kappa shape index (κ2) is 5.59. The van der Waals surface area contributed by atoms with E-state index in [0.717, 1.165) is 38.2 Å². The highest BCUT2D eigenvalue weighted by Gasteiger charge is 2.29. The van der Waals surface area contributed by atoms with Gasteiger partial charge in [-0.15, -0.1) is 12.4 Å². The fraction of sp³-hybridized carbons (Fsp3) is 0.462. The second-order valence-electron chi connectivity index (χ2n) is 4.72. The summed E-state index contributed by atoms with van der Waals surface area (Å²) >= 11 is 0. The number of nitrogens with one attached hydrogen (secondary N) is 2. The Kier molecular flexibility index (Phi) is 4.09. The Morgan fingerprint density at radius 3 is 2.89 bits per heavy atom. The van der Waals surface area contributed by atoms with Gasteiger partial charge in [-0.05, 0) is 31.0 Å². The van der Waals surface area contributed by atoms with E-state index in [1.165, 1.54) is 5.56 Å². The van der Waals surface area contributed by atoms with E-state index < -0.39 is 0 Å². The number of para-hydroxylation sites is 1. The van der Waals surface area contributed by atoms with E-state index in [1.807, 2.05) is 23.1 Å². The SMILES string of the molecule is Cl.O=C1Nc2ccccc2CN1C1CCCNC1. The average molecular weight is 268 g/mol. The highest BCUT2D eigenvalue weighted by Crippen LogP contribution is 2.25. The number of benzene rings is 1. The molecule has 1 saturated heterocycles. The van der Waals surface area contributed by atoms with Crippen molar-refractivity contribution in [3.8, 4) is 0 Å². The first-order valence-electron chi connectivity index (χ1n) is 6.21. The van der Waals surface area contributed by atoms with Crippen LogP contribution in [0, 0.1) is 0 Å². The van der Waals surface area contributed by atoms with Crippen LogP contribution >= 0.6 is 12.4 Å². The predicted molar refractivity (Wildman–Crippen MR) is 74.1 cm³/mol. The van der Waals surface area contributed by atoms with Crippen LogP contribution in [0.3, 0.4) is 0 Å². The third-order valence-electron chi connectivity index (χ3n) is 3.57. The number of anilines is 1. The fourth-order valence-corrected chi connectivity index (χ4v) is 2.62. The number of hydrogen-bond acceptors (Lipinski definition) is 2. The van der Waals surface area contributed by atoms with Crippen molar-refractivity contribution < 1.29 is 4.79 Å². The summed E-state index contributed by atoms with van der Waals surface area (Å²) in [6, 6.07) is 8.39. The Labute approximate surface area is 113 Å². The van der Waals surface area contributed by atoms with Crippen molar-refractivity contribution in [2.45, 2.75) is 25.4 Å². The lowest BCUT2D eigenvalue weighted by Gasteiger charge is -2.37. The minimum Gasteiger partial charge on any atom is -0.316 e. The van der Waals surface area contributed by atoms with E-state index in [-0.39, 0.29) is 18.4 Å². The van der Waals surface area contributed by atoms with Gasteiger partial charge in [0.2, 0.25) is 0 Å². The zero-order valence-electron chi connectivity index (χ0n) is 10.2. The van der Waals surface area contributed by atoms with Crippen molar-refractivity contribution in [1.82, 2.24) is 10.2 Å². The van der Waals surface area contributed by atoms with Crippen LogP contribution in [0.4, 0.5) is 10.5 Å². The fourth-order valence-electron chi connectivity index (χ4n) is 2.62. The number of piperidine rings is 1. The molecule has 0 bridgehead atoms. The molecule has 1 unspecified atom stereocenters. The first-order valence-corrected chi connectivity index (χ1v) is 6.21. The highest BCUT2D eigenvalue weighted by molar-refractivity contribution is 5.92. The second-order valence-corrected chi connectivity index (χ2v) is 4.72. The topological polar surface area (TPSA) is 44.4 Å². The van der Waals surface area contributed by atoms with Gasteiger partial charge in [0.05, 0.1) is 0 Å². The molecule has 0 saturated carbocycles. The molecule has 2 N–H and O–H groups in total. The van der Waals surface area contributed by atoms with Gasteiger partial charge in [-0.1, -0.05) is 18.2 Å². The number of rotatable bonds is 1. The van der Waals surface area contributed by atoms with Crippen LogP contribution in [0.2, 0.25) is 0 Å². The smallest absolute Gasteiger partial charge is 0.316 e. The van der Waals surface area contributed by atoms with Crippen LogP contribution in [0.5, 0.6) is 0 Å². The van der Waals surface area contributed by atoms with Gasteiger partial charge in [-0.25, -0.2) is 4.79 Å². The molecule has 2 amide bonds. The predicted octanol–water partition coefficient (Wildman–Crippen LogP) is 2.21. The summed E-state index contributed by atoms with van der Waals surface area (Å²) in [5, 5.41) is 6.32. The van der Waals surface area contributed by atoms with Gasteiger partial charge in [0.25, 0.3) is 0 Å². The Hall–Kier alpha value is -1.26. The Morgan fingerprint density at radius 2 is 2.11 bits per heavy atom. The summed E-state index contributed by atoms with van der Waals surface area (Å²) < 4.78 is 0.